The Morgan fingerprint density at radius 3 is 2.54 bits per heavy atom. The Morgan fingerprint density at radius 2 is 1.89 bits per heavy atom. The summed E-state index contributed by atoms with van der Waals surface area (Å²) in [5.41, 5.74) is 0.942. The van der Waals surface area contributed by atoms with Crippen LogP contribution in [0.1, 0.15) is 33.7 Å². The van der Waals surface area contributed by atoms with E-state index in [4.69, 9.17) is 4.74 Å². The topological polar surface area (TPSA) is 99.8 Å². The van der Waals surface area contributed by atoms with E-state index in [0.717, 1.165) is 23.1 Å². The summed E-state index contributed by atoms with van der Waals surface area (Å²) in [5, 5.41) is 18.1. The molecule has 1 amide bonds. The van der Waals surface area contributed by atoms with Crippen LogP contribution in [0.2, 0.25) is 0 Å². The van der Waals surface area contributed by atoms with Crippen molar-refractivity contribution in [1.82, 2.24) is 35.1 Å². The minimum atomic E-state index is -4.84. The zero-order chi connectivity index (χ0) is 25.0. The van der Waals surface area contributed by atoms with Crippen LogP contribution in [0.15, 0.2) is 54.9 Å². The summed E-state index contributed by atoms with van der Waals surface area (Å²) in [6, 6.07) is 12.3. The van der Waals surface area contributed by atoms with E-state index >= 15 is 0 Å². The number of hydrogen-bond donors (Lipinski definition) is 1. The van der Waals surface area contributed by atoms with Gasteiger partial charge in [-0.15, -0.1) is 10.2 Å². The van der Waals surface area contributed by atoms with Gasteiger partial charge >= 0.3 is 6.18 Å². The highest BCUT2D eigenvalue weighted by Gasteiger charge is 2.41. The first-order chi connectivity index (χ1) is 16.8. The molecule has 0 aliphatic rings. The molecule has 35 heavy (non-hydrogen) atoms. The summed E-state index contributed by atoms with van der Waals surface area (Å²) in [4.78, 5) is 12.6. The van der Waals surface area contributed by atoms with Crippen molar-refractivity contribution in [1.29, 1.82) is 0 Å². The summed E-state index contributed by atoms with van der Waals surface area (Å²) in [5.74, 6) is -0.929. The highest BCUT2D eigenvalue weighted by molar-refractivity contribution is 5.95. The van der Waals surface area contributed by atoms with Crippen molar-refractivity contribution in [3.8, 4) is 17.4 Å². The number of halogens is 3. The Balaban J connectivity index is 1.42. The number of aryl methyl sites for hydroxylation is 2. The number of carbonyl (C=O) groups excluding carboxylic acids is 1. The van der Waals surface area contributed by atoms with Crippen LogP contribution in [-0.2, 0) is 12.6 Å². The van der Waals surface area contributed by atoms with Crippen LogP contribution in [0.25, 0.3) is 11.5 Å². The lowest BCUT2D eigenvalue weighted by atomic mass is 10.1. The predicted molar refractivity (Wildman–Crippen MR) is 120 cm³/mol. The third-order valence-corrected chi connectivity index (χ3v) is 5.26. The maximum atomic E-state index is 13.8. The monoisotopic (exact) mass is 485 g/mol. The molecule has 3 heterocycles. The summed E-state index contributed by atoms with van der Waals surface area (Å²) in [7, 11) is 1.36. The lowest BCUT2D eigenvalue weighted by Crippen LogP contribution is -2.28. The molecule has 12 heteroatoms. The van der Waals surface area contributed by atoms with E-state index in [1.807, 2.05) is 43.5 Å². The number of hydrogen-bond acceptors (Lipinski definition) is 6. The van der Waals surface area contributed by atoms with Gasteiger partial charge in [0.1, 0.15) is 0 Å². The van der Waals surface area contributed by atoms with Gasteiger partial charge in [0, 0.05) is 18.8 Å². The van der Waals surface area contributed by atoms with Crippen LogP contribution in [-0.4, -0.2) is 49.3 Å². The van der Waals surface area contributed by atoms with E-state index in [1.165, 1.54) is 19.2 Å². The van der Waals surface area contributed by atoms with Gasteiger partial charge in [-0.2, -0.15) is 23.4 Å². The zero-order valence-corrected chi connectivity index (χ0v) is 19.0. The van der Waals surface area contributed by atoms with E-state index in [9.17, 15) is 18.0 Å². The molecule has 0 atom stereocenters. The fourth-order valence-electron chi connectivity index (χ4n) is 3.53. The Kier molecular flexibility index (Phi) is 6.80. The van der Waals surface area contributed by atoms with E-state index in [1.54, 1.807) is 4.68 Å². The van der Waals surface area contributed by atoms with Gasteiger partial charge in [-0.3, -0.25) is 4.79 Å². The van der Waals surface area contributed by atoms with Gasteiger partial charge in [0.2, 0.25) is 5.88 Å². The minimum Gasteiger partial charge on any atom is -0.480 e. The average molecular weight is 485 g/mol. The molecule has 0 saturated heterocycles. The number of rotatable bonds is 8. The maximum Gasteiger partial charge on any atom is 0.434 e. The number of amides is 1. The fourth-order valence-corrected chi connectivity index (χ4v) is 3.53. The molecule has 4 rings (SSSR count). The second-order valence-corrected chi connectivity index (χ2v) is 7.63. The number of ether oxygens (including phenoxy) is 1. The van der Waals surface area contributed by atoms with Crippen molar-refractivity contribution < 1.29 is 22.7 Å². The van der Waals surface area contributed by atoms with Gasteiger partial charge in [-0.25, -0.2) is 9.36 Å². The first kappa shape index (κ1) is 23.9. The van der Waals surface area contributed by atoms with E-state index < -0.39 is 23.3 Å². The molecule has 3 aromatic heterocycles. The van der Waals surface area contributed by atoms with Crippen molar-refractivity contribution in [2.45, 2.75) is 25.9 Å². The van der Waals surface area contributed by atoms with Gasteiger partial charge in [0.15, 0.2) is 11.5 Å². The fraction of sp³-hybridized carbons (Fsp3) is 0.261. The third-order valence-electron chi connectivity index (χ3n) is 5.26. The Bertz CT molecular complexity index is 1300. The number of benzene rings is 1. The van der Waals surface area contributed by atoms with E-state index in [0.29, 0.717) is 17.5 Å². The second kappa shape index (κ2) is 9.95. The zero-order valence-electron chi connectivity index (χ0n) is 19.0. The van der Waals surface area contributed by atoms with Crippen molar-refractivity contribution in [3.05, 3.63) is 77.4 Å². The number of methoxy groups -OCH3 is 1. The number of carbonyl (C=O) groups is 1. The Hall–Kier alpha value is -4.22. The summed E-state index contributed by atoms with van der Waals surface area (Å²) < 4.78 is 48.6. The standard InChI is InChI=1S/C23H22F3N7O2/c1-15-16(14-32(31-15)17-8-4-3-5-9-17)7-6-12-27-22(34)18-13-28-33(21(18)23(24,25)26)19-10-11-20(35-2)30-29-19/h3-5,8-11,13-14H,6-7,12H2,1-2H3,(H,27,34). The minimum absolute atomic E-state index is 0.136. The van der Waals surface area contributed by atoms with Gasteiger partial charge in [-0.1, -0.05) is 18.2 Å². The van der Waals surface area contributed by atoms with Crippen LogP contribution in [0.5, 0.6) is 5.88 Å². The highest BCUT2D eigenvalue weighted by atomic mass is 19.4. The van der Waals surface area contributed by atoms with Gasteiger partial charge in [-0.05, 0) is 43.5 Å². The summed E-state index contributed by atoms with van der Waals surface area (Å²) in [6.07, 6.45) is -0.932. The van der Waals surface area contributed by atoms with Crippen LogP contribution < -0.4 is 10.1 Å². The average Bonchev–Trinajstić information content (AvgIpc) is 3.47. The van der Waals surface area contributed by atoms with Crippen LogP contribution in [0.4, 0.5) is 13.2 Å². The maximum absolute atomic E-state index is 13.8. The number of aromatic nitrogens is 6. The molecule has 0 aliphatic heterocycles. The van der Waals surface area contributed by atoms with Gasteiger partial charge < -0.3 is 10.1 Å². The molecule has 4 aromatic rings. The van der Waals surface area contributed by atoms with E-state index in [2.05, 4.69) is 25.7 Å². The van der Waals surface area contributed by atoms with Crippen molar-refractivity contribution in [2.24, 2.45) is 0 Å². The van der Waals surface area contributed by atoms with E-state index in [-0.39, 0.29) is 18.2 Å². The normalized spacial score (nSPS) is 11.5. The molecule has 182 valence electrons. The second-order valence-electron chi connectivity index (χ2n) is 7.63. The molecule has 0 saturated carbocycles. The van der Waals surface area contributed by atoms with Crippen molar-refractivity contribution in [2.75, 3.05) is 13.7 Å². The quantitative estimate of drug-likeness (QED) is 0.383. The lowest BCUT2D eigenvalue weighted by molar-refractivity contribution is -0.143. The largest absolute Gasteiger partial charge is 0.480 e. The molecular weight excluding hydrogens is 463 g/mol. The molecule has 0 radical (unpaired) electrons. The van der Waals surface area contributed by atoms with Gasteiger partial charge in [0.05, 0.1) is 30.3 Å². The van der Waals surface area contributed by atoms with Crippen molar-refractivity contribution >= 4 is 5.91 Å². The third kappa shape index (κ3) is 5.31. The molecule has 0 spiro atoms. The first-order valence-corrected chi connectivity index (χ1v) is 10.7. The number of nitrogens with one attached hydrogen (secondary N) is 1. The Labute approximate surface area is 198 Å². The lowest BCUT2D eigenvalue weighted by Gasteiger charge is -2.12. The van der Waals surface area contributed by atoms with Crippen molar-refractivity contribution in [3.63, 3.8) is 0 Å². The molecular formula is C23H22F3N7O2. The SMILES string of the molecule is COc1ccc(-n2ncc(C(=O)NCCCc3cn(-c4ccccc4)nc3C)c2C(F)(F)F)nn1. The molecule has 1 N–H and O–H groups in total. The van der Waals surface area contributed by atoms with Crippen LogP contribution in [0.3, 0.4) is 0 Å². The Morgan fingerprint density at radius 1 is 1.11 bits per heavy atom. The summed E-state index contributed by atoms with van der Waals surface area (Å²) >= 11 is 0. The molecule has 0 fully saturated rings. The number of nitrogens with zero attached hydrogens (tertiary/aromatic N) is 6. The molecule has 9 nitrogen and oxygen atoms in total. The molecule has 0 unspecified atom stereocenters. The van der Waals surface area contributed by atoms with Gasteiger partial charge in [0.25, 0.3) is 5.91 Å². The first-order valence-electron chi connectivity index (χ1n) is 10.7. The number of para-hydroxylation sites is 1. The highest BCUT2D eigenvalue weighted by Crippen LogP contribution is 2.33. The van der Waals surface area contributed by atoms with Crippen LogP contribution >= 0.6 is 0 Å². The molecule has 0 aliphatic carbocycles. The summed E-state index contributed by atoms with van der Waals surface area (Å²) in [6.45, 7) is 2.07. The van der Waals surface area contributed by atoms with Crippen LogP contribution in [0, 0.1) is 6.92 Å². The molecule has 1 aromatic carbocycles. The predicted octanol–water partition coefficient (Wildman–Crippen LogP) is 3.55. The number of alkyl halides is 3. The molecule has 0 bridgehead atoms. The smallest absolute Gasteiger partial charge is 0.434 e.